The van der Waals surface area contributed by atoms with Gasteiger partial charge in [-0.3, -0.25) is 0 Å². The molecule has 2 rings (SSSR count). The van der Waals surface area contributed by atoms with E-state index in [0.717, 1.165) is 16.9 Å². The van der Waals surface area contributed by atoms with Gasteiger partial charge in [-0.25, -0.2) is 0 Å². The summed E-state index contributed by atoms with van der Waals surface area (Å²) >= 11 is 0. The van der Waals surface area contributed by atoms with Gasteiger partial charge in [-0.1, -0.05) is 18.2 Å². The molecule has 0 unspecified atom stereocenters. The zero-order valence-electron chi connectivity index (χ0n) is 11.6. The van der Waals surface area contributed by atoms with Crippen molar-refractivity contribution in [3.8, 4) is 17.2 Å². The predicted molar refractivity (Wildman–Crippen MR) is 78.0 cm³/mol. The fourth-order valence-electron chi connectivity index (χ4n) is 1.98. The van der Waals surface area contributed by atoms with Crippen molar-refractivity contribution in [2.24, 2.45) is 0 Å². The minimum absolute atomic E-state index is 0.0643. The van der Waals surface area contributed by atoms with Crippen molar-refractivity contribution in [2.75, 3.05) is 7.11 Å². The Kier molecular flexibility index (Phi) is 4.48. The number of ether oxygens (including phenoxy) is 1. The van der Waals surface area contributed by atoms with Gasteiger partial charge in [-0.05, 0) is 30.7 Å². The van der Waals surface area contributed by atoms with E-state index in [1.165, 1.54) is 6.07 Å². The highest BCUT2D eigenvalue weighted by Crippen LogP contribution is 2.23. The number of phenols is 2. The van der Waals surface area contributed by atoms with Crippen molar-refractivity contribution < 1.29 is 14.9 Å². The van der Waals surface area contributed by atoms with E-state index in [4.69, 9.17) is 4.74 Å². The van der Waals surface area contributed by atoms with Gasteiger partial charge in [0.2, 0.25) is 0 Å². The number of rotatable bonds is 5. The largest absolute Gasteiger partial charge is 0.508 e. The molecule has 2 aromatic rings. The van der Waals surface area contributed by atoms with E-state index in [0.29, 0.717) is 6.54 Å². The van der Waals surface area contributed by atoms with Gasteiger partial charge in [-0.2, -0.15) is 0 Å². The number of hydrogen-bond acceptors (Lipinski definition) is 4. The predicted octanol–water partition coefficient (Wildman–Crippen LogP) is 2.96. The van der Waals surface area contributed by atoms with Crippen molar-refractivity contribution in [3.63, 3.8) is 0 Å². The van der Waals surface area contributed by atoms with Crippen LogP contribution in [0.4, 0.5) is 0 Å². The maximum Gasteiger partial charge on any atom is 0.123 e. The topological polar surface area (TPSA) is 61.7 Å². The minimum Gasteiger partial charge on any atom is -0.508 e. The highest BCUT2D eigenvalue weighted by atomic mass is 16.5. The van der Waals surface area contributed by atoms with Gasteiger partial charge in [-0.15, -0.1) is 0 Å². The highest BCUT2D eigenvalue weighted by Gasteiger charge is 2.07. The van der Waals surface area contributed by atoms with Gasteiger partial charge < -0.3 is 20.3 Å². The van der Waals surface area contributed by atoms with Crippen LogP contribution >= 0.6 is 0 Å². The van der Waals surface area contributed by atoms with E-state index in [2.05, 4.69) is 12.2 Å². The molecule has 0 radical (unpaired) electrons. The Morgan fingerprint density at radius 3 is 2.40 bits per heavy atom. The number of benzene rings is 2. The average Bonchev–Trinajstić information content (AvgIpc) is 2.46. The van der Waals surface area contributed by atoms with Crippen LogP contribution in [0, 0.1) is 0 Å². The molecule has 106 valence electrons. The second-order valence-electron chi connectivity index (χ2n) is 4.69. The number of nitrogens with one attached hydrogen (secondary N) is 1. The fourth-order valence-corrected chi connectivity index (χ4v) is 1.98. The third-order valence-electron chi connectivity index (χ3n) is 3.28. The van der Waals surface area contributed by atoms with Crippen LogP contribution in [0.1, 0.15) is 24.1 Å². The summed E-state index contributed by atoms with van der Waals surface area (Å²) < 4.78 is 5.13. The Balaban J connectivity index is 1.98. The van der Waals surface area contributed by atoms with Crippen molar-refractivity contribution in [2.45, 2.75) is 19.5 Å². The molecule has 0 aliphatic carbocycles. The zero-order chi connectivity index (χ0) is 14.5. The van der Waals surface area contributed by atoms with E-state index < -0.39 is 0 Å². The molecule has 3 N–H and O–H groups in total. The number of aromatic hydroxyl groups is 2. The molecule has 0 amide bonds. The Morgan fingerprint density at radius 1 is 1.10 bits per heavy atom. The summed E-state index contributed by atoms with van der Waals surface area (Å²) in [7, 11) is 1.64. The summed E-state index contributed by atoms with van der Waals surface area (Å²) in [6.45, 7) is 2.58. The normalized spacial score (nSPS) is 12.1. The van der Waals surface area contributed by atoms with E-state index in [1.807, 2.05) is 24.3 Å². The van der Waals surface area contributed by atoms with Gasteiger partial charge in [0.05, 0.1) is 7.11 Å². The average molecular weight is 273 g/mol. The highest BCUT2D eigenvalue weighted by molar-refractivity contribution is 5.39. The van der Waals surface area contributed by atoms with Crippen LogP contribution < -0.4 is 10.1 Å². The number of phenolic OH excluding ortho intramolecular Hbond substituents is 2. The van der Waals surface area contributed by atoms with Crippen LogP contribution in [0.15, 0.2) is 42.5 Å². The third kappa shape index (κ3) is 3.42. The van der Waals surface area contributed by atoms with Crippen LogP contribution in [0.2, 0.25) is 0 Å². The lowest BCUT2D eigenvalue weighted by molar-refractivity contribution is 0.414. The van der Waals surface area contributed by atoms with Crippen LogP contribution in [-0.2, 0) is 6.54 Å². The Hall–Kier alpha value is -2.20. The van der Waals surface area contributed by atoms with E-state index in [1.54, 1.807) is 19.2 Å². The molecule has 0 spiro atoms. The number of methoxy groups -OCH3 is 1. The molecule has 0 saturated heterocycles. The van der Waals surface area contributed by atoms with Gasteiger partial charge in [0.15, 0.2) is 0 Å². The van der Waals surface area contributed by atoms with Crippen LogP contribution in [0.5, 0.6) is 17.2 Å². The second-order valence-corrected chi connectivity index (χ2v) is 4.69. The monoisotopic (exact) mass is 273 g/mol. The molecule has 0 bridgehead atoms. The summed E-state index contributed by atoms with van der Waals surface area (Å²) in [5.74, 6) is 0.992. The molecular weight excluding hydrogens is 254 g/mol. The smallest absolute Gasteiger partial charge is 0.123 e. The summed E-state index contributed by atoms with van der Waals surface area (Å²) in [5.41, 5.74) is 1.90. The van der Waals surface area contributed by atoms with E-state index in [-0.39, 0.29) is 17.5 Å². The molecule has 0 fully saturated rings. The molecule has 1 atom stereocenters. The third-order valence-corrected chi connectivity index (χ3v) is 3.28. The summed E-state index contributed by atoms with van der Waals surface area (Å²) in [6.07, 6.45) is 0. The van der Waals surface area contributed by atoms with Gasteiger partial charge in [0.1, 0.15) is 17.2 Å². The SMILES string of the molecule is COc1ccc([C@@H](C)NCc2ccc(O)cc2O)cc1. The molecule has 0 saturated carbocycles. The molecule has 2 aromatic carbocycles. The van der Waals surface area contributed by atoms with Crippen LogP contribution in [0.3, 0.4) is 0 Å². The Labute approximate surface area is 118 Å². The standard InChI is InChI=1S/C16H19NO3/c1-11(12-4-7-15(20-2)8-5-12)17-10-13-3-6-14(18)9-16(13)19/h3-9,11,17-19H,10H2,1-2H3/t11-/m1/s1. The molecule has 4 nitrogen and oxygen atoms in total. The lowest BCUT2D eigenvalue weighted by Crippen LogP contribution is -2.18. The van der Waals surface area contributed by atoms with Gasteiger partial charge in [0.25, 0.3) is 0 Å². The maximum absolute atomic E-state index is 9.73. The summed E-state index contributed by atoms with van der Waals surface area (Å²) in [4.78, 5) is 0. The van der Waals surface area contributed by atoms with Crippen molar-refractivity contribution >= 4 is 0 Å². The zero-order valence-corrected chi connectivity index (χ0v) is 11.6. The fraction of sp³-hybridized carbons (Fsp3) is 0.250. The summed E-state index contributed by atoms with van der Waals surface area (Å²) in [6, 6.07) is 12.6. The van der Waals surface area contributed by atoms with Gasteiger partial charge in [0, 0.05) is 24.2 Å². The Morgan fingerprint density at radius 2 is 1.80 bits per heavy atom. The van der Waals surface area contributed by atoms with E-state index in [9.17, 15) is 10.2 Å². The van der Waals surface area contributed by atoms with Crippen LogP contribution in [0.25, 0.3) is 0 Å². The quantitative estimate of drug-likeness (QED) is 0.784. The molecule has 0 aromatic heterocycles. The second kappa shape index (κ2) is 6.30. The lowest BCUT2D eigenvalue weighted by Gasteiger charge is -2.15. The van der Waals surface area contributed by atoms with Crippen molar-refractivity contribution in [1.82, 2.24) is 5.32 Å². The number of hydrogen-bond donors (Lipinski definition) is 3. The Bertz CT molecular complexity index is 566. The molecular formula is C16H19NO3. The first-order valence-corrected chi connectivity index (χ1v) is 6.48. The maximum atomic E-state index is 9.73. The lowest BCUT2D eigenvalue weighted by atomic mass is 10.1. The van der Waals surface area contributed by atoms with Crippen molar-refractivity contribution in [3.05, 3.63) is 53.6 Å². The van der Waals surface area contributed by atoms with E-state index >= 15 is 0 Å². The van der Waals surface area contributed by atoms with Gasteiger partial charge >= 0.3 is 0 Å². The first-order chi connectivity index (χ1) is 9.60. The van der Waals surface area contributed by atoms with Crippen LogP contribution in [-0.4, -0.2) is 17.3 Å². The molecule has 4 heteroatoms. The molecule has 20 heavy (non-hydrogen) atoms. The molecule has 0 heterocycles. The first-order valence-electron chi connectivity index (χ1n) is 6.48. The minimum atomic E-state index is 0.0643. The molecule has 0 aliphatic rings. The first kappa shape index (κ1) is 14.2. The molecule has 0 aliphatic heterocycles. The van der Waals surface area contributed by atoms with Crippen molar-refractivity contribution in [1.29, 1.82) is 0 Å². The summed E-state index contributed by atoms with van der Waals surface area (Å²) in [5, 5.41) is 22.3.